The summed E-state index contributed by atoms with van der Waals surface area (Å²) in [6.45, 7) is 0. The lowest BCUT2D eigenvalue weighted by Gasteiger charge is -2.13. The number of aromatic nitrogens is 3. The van der Waals surface area contributed by atoms with Gasteiger partial charge in [0.15, 0.2) is 0 Å². The molecule has 3 N–H and O–H groups in total. The lowest BCUT2D eigenvalue weighted by Crippen LogP contribution is -2.42. The quantitative estimate of drug-likeness (QED) is 0.721. The van der Waals surface area contributed by atoms with Crippen molar-refractivity contribution in [3.05, 3.63) is 46.2 Å². The summed E-state index contributed by atoms with van der Waals surface area (Å²) < 4.78 is 0. The van der Waals surface area contributed by atoms with E-state index >= 15 is 0 Å². The predicted octanol–water partition coefficient (Wildman–Crippen LogP) is 1.54. The minimum Gasteiger partial charge on any atom is -0.480 e. The Morgan fingerprint density at radius 3 is 2.52 bits per heavy atom. The van der Waals surface area contributed by atoms with Gasteiger partial charge in [-0.3, -0.25) is 4.79 Å². The lowest BCUT2D eigenvalue weighted by atomic mass is 10.1. The van der Waals surface area contributed by atoms with Gasteiger partial charge in [0.05, 0.1) is 6.33 Å². The first kappa shape index (κ1) is 15.3. The SMILES string of the molecule is O=C(NC(Cc1cnc[nH]1)C(=O)O)c1cc(Cl)nc(Cl)c1. The van der Waals surface area contributed by atoms with Crippen molar-refractivity contribution >= 4 is 35.1 Å². The number of carbonyl (C=O) groups excluding carboxylic acids is 1. The van der Waals surface area contributed by atoms with Crippen LogP contribution in [-0.4, -0.2) is 38.0 Å². The highest BCUT2D eigenvalue weighted by Crippen LogP contribution is 2.14. The fourth-order valence-electron chi connectivity index (χ4n) is 1.65. The number of aliphatic carboxylic acids is 1. The molecule has 0 fully saturated rings. The van der Waals surface area contributed by atoms with E-state index in [2.05, 4.69) is 20.3 Å². The first-order valence-electron chi connectivity index (χ1n) is 5.79. The highest BCUT2D eigenvalue weighted by atomic mass is 35.5. The molecule has 1 atom stereocenters. The highest BCUT2D eigenvalue weighted by molar-refractivity contribution is 6.33. The molecule has 110 valence electrons. The molecule has 1 unspecified atom stereocenters. The van der Waals surface area contributed by atoms with E-state index in [9.17, 15) is 9.59 Å². The number of carboxylic acids is 1. The number of halogens is 2. The topological polar surface area (TPSA) is 108 Å². The molecule has 0 saturated heterocycles. The van der Waals surface area contributed by atoms with Crippen LogP contribution in [-0.2, 0) is 11.2 Å². The first-order chi connectivity index (χ1) is 9.95. The van der Waals surface area contributed by atoms with E-state index in [1.54, 1.807) is 0 Å². The second-order valence-corrected chi connectivity index (χ2v) is 4.92. The summed E-state index contributed by atoms with van der Waals surface area (Å²) in [7, 11) is 0. The molecule has 0 aliphatic carbocycles. The summed E-state index contributed by atoms with van der Waals surface area (Å²) in [5.41, 5.74) is 0.726. The predicted molar refractivity (Wildman–Crippen MR) is 75.4 cm³/mol. The molecule has 0 aromatic carbocycles. The smallest absolute Gasteiger partial charge is 0.326 e. The van der Waals surface area contributed by atoms with E-state index in [1.165, 1.54) is 24.7 Å². The molecule has 2 heterocycles. The zero-order valence-corrected chi connectivity index (χ0v) is 12.0. The molecule has 21 heavy (non-hydrogen) atoms. The van der Waals surface area contributed by atoms with Crippen molar-refractivity contribution in [3.8, 4) is 0 Å². The van der Waals surface area contributed by atoms with Crippen molar-refractivity contribution in [1.29, 1.82) is 0 Å². The second-order valence-electron chi connectivity index (χ2n) is 4.15. The largest absolute Gasteiger partial charge is 0.480 e. The average molecular weight is 329 g/mol. The van der Waals surface area contributed by atoms with Gasteiger partial charge in [0.2, 0.25) is 0 Å². The molecule has 2 aromatic rings. The number of carboxylic acid groups (broad SMARTS) is 1. The molecular weight excluding hydrogens is 319 g/mol. The fraction of sp³-hybridized carbons (Fsp3) is 0.167. The van der Waals surface area contributed by atoms with Crippen LogP contribution in [0.2, 0.25) is 10.3 Å². The minimum absolute atomic E-state index is 0.0492. The van der Waals surface area contributed by atoms with Gasteiger partial charge >= 0.3 is 5.97 Å². The summed E-state index contributed by atoms with van der Waals surface area (Å²) in [5.74, 6) is -1.77. The molecule has 9 heteroatoms. The maximum absolute atomic E-state index is 12.0. The number of imidazole rings is 1. The van der Waals surface area contributed by atoms with E-state index in [0.29, 0.717) is 5.69 Å². The molecule has 0 saturated carbocycles. The zero-order chi connectivity index (χ0) is 15.4. The van der Waals surface area contributed by atoms with E-state index in [-0.39, 0.29) is 22.3 Å². The lowest BCUT2D eigenvalue weighted by molar-refractivity contribution is -0.139. The summed E-state index contributed by atoms with van der Waals surface area (Å²) >= 11 is 11.4. The van der Waals surface area contributed by atoms with Crippen molar-refractivity contribution in [2.75, 3.05) is 0 Å². The van der Waals surface area contributed by atoms with Crippen molar-refractivity contribution in [1.82, 2.24) is 20.3 Å². The van der Waals surface area contributed by atoms with Crippen LogP contribution in [0.1, 0.15) is 16.1 Å². The number of carbonyl (C=O) groups is 2. The normalized spacial score (nSPS) is 11.9. The molecule has 0 aliphatic heterocycles. The van der Waals surface area contributed by atoms with Gasteiger partial charge in [-0.25, -0.2) is 14.8 Å². The highest BCUT2D eigenvalue weighted by Gasteiger charge is 2.22. The maximum atomic E-state index is 12.0. The molecule has 1 amide bonds. The molecular formula is C12H10Cl2N4O3. The van der Waals surface area contributed by atoms with E-state index < -0.39 is 17.9 Å². The summed E-state index contributed by atoms with van der Waals surface area (Å²) in [5, 5.41) is 11.7. The minimum atomic E-state index is -1.16. The third-order valence-corrected chi connectivity index (χ3v) is 2.99. The number of hydrogen-bond donors (Lipinski definition) is 3. The summed E-state index contributed by atoms with van der Waals surface area (Å²) in [6, 6.07) is 1.50. The molecule has 0 bridgehead atoms. The Bertz CT molecular complexity index is 640. The number of hydrogen-bond acceptors (Lipinski definition) is 4. The number of rotatable bonds is 5. The van der Waals surface area contributed by atoms with Crippen molar-refractivity contribution < 1.29 is 14.7 Å². The zero-order valence-electron chi connectivity index (χ0n) is 10.5. The van der Waals surface area contributed by atoms with Gasteiger partial charge in [0.1, 0.15) is 16.3 Å². The first-order valence-corrected chi connectivity index (χ1v) is 6.55. The monoisotopic (exact) mass is 328 g/mol. The Morgan fingerprint density at radius 1 is 1.33 bits per heavy atom. The van der Waals surface area contributed by atoms with Gasteiger partial charge < -0.3 is 15.4 Å². The number of nitrogens with one attached hydrogen (secondary N) is 2. The Labute approximate surface area is 129 Å². The van der Waals surface area contributed by atoms with E-state index in [4.69, 9.17) is 28.3 Å². The number of nitrogens with zero attached hydrogens (tertiary/aromatic N) is 2. The van der Waals surface area contributed by atoms with Crippen LogP contribution in [0.25, 0.3) is 0 Å². The van der Waals surface area contributed by atoms with Crippen LogP contribution in [0.4, 0.5) is 0 Å². The van der Waals surface area contributed by atoms with Crippen LogP contribution < -0.4 is 5.32 Å². The van der Waals surface area contributed by atoms with Crippen LogP contribution >= 0.6 is 23.2 Å². The average Bonchev–Trinajstić information content (AvgIpc) is 2.89. The molecule has 7 nitrogen and oxygen atoms in total. The van der Waals surface area contributed by atoms with Crippen LogP contribution in [0, 0.1) is 0 Å². The standard InChI is InChI=1S/C12H10Cl2N4O3/c13-9-1-6(2-10(14)18-9)11(19)17-8(12(20)21)3-7-4-15-5-16-7/h1-2,4-5,8H,3H2,(H,15,16)(H,17,19)(H,20,21). The van der Waals surface area contributed by atoms with Crippen LogP contribution in [0.3, 0.4) is 0 Å². The number of amides is 1. The number of H-pyrrole nitrogens is 1. The molecule has 2 rings (SSSR count). The Kier molecular flexibility index (Phi) is 4.77. The molecule has 2 aromatic heterocycles. The summed E-state index contributed by atoms with van der Waals surface area (Å²) in [4.78, 5) is 33.5. The van der Waals surface area contributed by atoms with Gasteiger partial charge in [-0.05, 0) is 12.1 Å². The molecule has 0 radical (unpaired) electrons. The maximum Gasteiger partial charge on any atom is 0.326 e. The van der Waals surface area contributed by atoms with Crippen molar-refractivity contribution in [3.63, 3.8) is 0 Å². The molecule has 0 spiro atoms. The van der Waals surface area contributed by atoms with Gasteiger partial charge in [-0.15, -0.1) is 0 Å². The van der Waals surface area contributed by atoms with Gasteiger partial charge in [-0.2, -0.15) is 0 Å². The van der Waals surface area contributed by atoms with Gasteiger partial charge in [0, 0.05) is 23.9 Å². The number of aromatic amines is 1. The van der Waals surface area contributed by atoms with Crippen molar-refractivity contribution in [2.24, 2.45) is 0 Å². The van der Waals surface area contributed by atoms with Crippen LogP contribution in [0.15, 0.2) is 24.7 Å². The number of pyridine rings is 1. The van der Waals surface area contributed by atoms with E-state index in [1.807, 2.05) is 0 Å². The van der Waals surface area contributed by atoms with Gasteiger partial charge in [-0.1, -0.05) is 23.2 Å². The Morgan fingerprint density at radius 2 is 2.00 bits per heavy atom. The van der Waals surface area contributed by atoms with E-state index in [0.717, 1.165) is 0 Å². The Balaban J connectivity index is 2.12. The fourth-order valence-corrected chi connectivity index (χ4v) is 2.11. The third kappa shape index (κ3) is 4.17. The third-order valence-electron chi connectivity index (χ3n) is 2.61. The molecule has 0 aliphatic rings. The summed E-state index contributed by atoms with van der Waals surface area (Å²) in [6.07, 6.45) is 2.99. The van der Waals surface area contributed by atoms with Crippen LogP contribution in [0.5, 0.6) is 0 Å². The Hall–Kier alpha value is -2.12. The van der Waals surface area contributed by atoms with Crippen molar-refractivity contribution in [2.45, 2.75) is 12.5 Å². The second kappa shape index (κ2) is 6.55. The van der Waals surface area contributed by atoms with Gasteiger partial charge in [0.25, 0.3) is 5.91 Å².